The average Bonchev–Trinajstić information content (AvgIpc) is 3.28. The van der Waals surface area contributed by atoms with Crippen LogP contribution in [0.5, 0.6) is 5.75 Å². The second kappa shape index (κ2) is 9.92. The number of nitrogens with one attached hydrogen (secondary N) is 4. The molecule has 4 rings (SSSR count). The molecule has 1 aromatic heterocycles. The molecule has 0 aliphatic carbocycles. The van der Waals surface area contributed by atoms with E-state index >= 15 is 0 Å². The second-order valence-electron chi connectivity index (χ2n) is 7.98. The molecule has 0 amide bonds. The number of likely N-dealkylation sites (tertiary alicyclic amines) is 1. The molecular formula is C22H30N8O. The van der Waals surface area contributed by atoms with Gasteiger partial charge in [-0.25, -0.2) is 20.8 Å². The molecule has 2 aliphatic rings. The number of anilines is 2. The van der Waals surface area contributed by atoms with Crippen molar-refractivity contribution in [2.24, 2.45) is 0 Å². The Morgan fingerprint density at radius 1 is 1.19 bits per heavy atom. The molecule has 0 saturated carbocycles. The van der Waals surface area contributed by atoms with Crippen LogP contribution in [0.2, 0.25) is 0 Å². The molecule has 3 heterocycles. The lowest BCUT2D eigenvalue weighted by Crippen LogP contribution is -2.38. The molecule has 164 valence electrons. The van der Waals surface area contributed by atoms with Crippen LogP contribution in [0, 0.1) is 11.3 Å². The summed E-state index contributed by atoms with van der Waals surface area (Å²) >= 11 is 0. The summed E-state index contributed by atoms with van der Waals surface area (Å²) in [7, 11) is 1.72. The van der Waals surface area contributed by atoms with Gasteiger partial charge in [-0.15, -0.1) is 0 Å². The minimum Gasteiger partial charge on any atom is -0.496 e. The number of hydrogen-bond donors (Lipinski definition) is 4. The minimum atomic E-state index is -0.0153. The van der Waals surface area contributed by atoms with Crippen molar-refractivity contribution in [1.29, 1.82) is 5.26 Å². The second-order valence-corrected chi connectivity index (χ2v) is 7.98. The standard InChI is InChI=1S/C22H30N8O/c1-3-30-8-6-15(7-9-30)26-16-4-5-18(20(10-16)31-2)19-11-21(29-28-19)27-22-14-24-17(12-23)13-25-22/h4-5,10,13-15,19,21,26,28-29H,3,6-9,11H2,1-2H3,(H,25,27). The van der Waals surface area contributed by atoms with Crippen LogP contribution in [0.3, 0.4) is 0 Å². The van der Waals surface area contributed by atoms with E-state index in [4.69, 9.17) is 10.00 Å². The van der Waals surface area contributed by atoms with Gasteiger partial charge in [-0.05, 0) is 25.5 Å². The van der Waals surface area contributed by atoms with Crippen LogP contribution >= 0.6 is 0 Å². The lowest BCUT2D eigenvalue weighted by atomic mass is 10.0. The van der Waals surface area contributed by atoms with Gasteiger partial charge in [0.2, 0.25) is 0 Å². The number of ether oxygens (including phenoxy) is 1. The smallest absolute Gasteiger partial charge is 0.158 e. The molecule has 31 heavy (non-hydrogen) atoms. The number of rotatable bonds is 7. The van der Waals surface area contributed by atoms with Crippen LogP contribution in [0.25, 0.3) is 0 Å². The SMILES string of the molecule is CCN1CCC(Nc2ccc(C3CC(Nc4cnc(C#N)cn4)NN3)c(OC)c2)CC1. The Hall–Kier alpha value is -2.93. The number of methoxy groups -OCH3 is 1. The molecule has 2 aromatic rings. The van der Waals surface area contributed by atoms with E-state index in [1.807, 2.05) is 6.07 Å². The zero-order valence-corrected chi connectivity index (χ0v) is 18.1. The Balaban J connectivity index is 1.36. The summed E-state index contributed by atoms with van der Waals surface area (Å²) in [5, 5.41) is 15.8. The molecular weight excluding hydrogens is 392 g/mol. The van der Waals surface area contributed by atoms with E-state index in [9.17, 15) is 0 Å². The maximum absolute atomic E-state index is 8.84. The number of nitriles is 1. The topological polar surface area (TPSA) is 110 Å². The molecule has 1 aromatic carbocycles. The fraction of sp³-hybridized carbons (Fsp3) is 0.500. The quantitative estimate of drug-likeness (QED) is 0.534. The summed E-state index contributed by atoms with van der Waals surface area (Å²) in [6.07, 6.45) is 6.15. The molecule has 0 radical (unpaired) electrons. The Morgan fingerprint density at radius 3 is 2.71 bits per heavy atom. The van der Waals surface area contributed by atoms with E-state index in [2.05, 4.69) is 61.5 Å². The molecule has 2 aliphatic heterocycles. The summed E-state index contributed by atoms with van der Waals surface area (Å²) in [5.41, 5.74) is 9.10. The zero-order valence-electron chi connectivity index (χ0n) is 18.1. The minimum absolute atomic E-state index is 0.0153. The van der Waals surface area contributed by atoms with E-state index < -0.39 is 0 Å². The summed E-state index contributed by atoms with van der Waals surface area (Å²) in [6, 6.07) is 8.94. The lowest BCUT2D eigenvalue weighted by Gasteiger charge is -2.32. The monoisotopic (exact) mass is 422 g/mol. The maximum atomic E-state index is 8.84. The fourth-order valence-electron chi connectivity index (χ4n) is 4.21. The summed E-state index contributed by atoms with van der Waals surface area (Å²) in [5.74, 6) is 1.49. The largest absolute Gasteiger partial charge is 0.496 e. The van der Waals surface area contributed by atoms with Crippen LogP contribution < -0.4 is 26.2 Å². The number of benzene rings is 1. The van der Waals surface area contributed by atoms with Gasteiger partial charge in [-0.3, -0.25) is 0 Å². The summed E-state index contributed by atoms with van der Waals surface area (Å²) in [6.45, 7) is 5.66. The first-order chi connectivity index (χ1) is 15.2. The van der Waals surface area contributed by atoms with Gasteiger partial charge in [0.25, 0.3) is 0 Å². The molecule has 9 heteroatoms. The van der Waals surface area contributed by atoms with E-state index in [0.717, 1.165) is 55.9 Å². The van der Waals surface area contributed by atoms with Gasteiger partial charge in [0.1, 0.15) is 17.6 Å². The van der Waals surface area contributed by atoms with E-state index in [-0.39, 0.29) is 12.2 Å². The lowest BCUT2D eigenvalue weighted by molar-refractivity contribution is 0.229. The molecule has 2 atom stereocenters. The van der Waals surface area contributed by atoms with Crippen molar-refractivity contribution in [3.63, 3.8) is 0 Å². The molecule has 2 fully saturated rings. The number of aromatic nitrogens is 2. The van der Waals surface area contributed by atoms with Crippen LogP contribution in [0.1, 0.15) is 43.5 Å². The first-order valence-electron chi connectivity index (χ1n) is 10.8. The molecule has 0 spiro atoms. The summed E-state index contributed by atoms with van der Waals surface area (Å²) in [4.78, 5) is 10.8. The third-order valence-corrected chi connectivity index (χ3v) is 6.01. The van der Waals surface area contributed by atoms with Gasteiger partial charge in [0.05, 0.1) is 31.7 Å². The van der Waals surface area contributed by atoms with E-state index in [1.165, 1.54) is 6.20 Å². The Bertz CT molecular complexity index is 905. The highest BCUT2D eigenvalue weighted by atomic mass is 16.5. The number of hydrazine groups is 1. The highest BCUT2D eigenvalue weighted by Crippen LogP contribution is 2.33. The molecule has 2 saturated heterocycles. The fourth-order valence-corrected chi connectivity index (χ4v) is 4.21. The predicted octanol–water partition coefficient (Wildman–Crippen LogP) is 2.23. The molecule has 0 bridgehead atoms. The van der Waals surface area contributed by atoms with Crippen LogP contribution in [-0.4, -0.2) is 53.8 Å². The highest BCUT2D eigenvalue weighted by Gasteiger charge is 2.28. The van der Waals surface area contributed by atoms with Gasteiger partial charge in [-0.1, -0.05) is 13.0 Å². The van der Waals surface area contributed by atoms with Crippen molar-refractivity contribution in [3.8, 4) is 11.8 Å². The first kappa shape index (κ1) is 21.3. The Kier molecular flexibility index (Phi) is 6.82. The van der Waals surface area contributed by atoms with Crippen LogP contribution in [0.4, 0.5) is 11.5 Å². The van der Waals surface area contributed by atoms with E-state index in [0.29, 0.717) is 17.6 Å². The van der Waals surface area contributed by atoms with Crippen molar-refractivity contribution in [1.82, 2.24) is 25.7 Å². The number of nitrogens with zero attached hydrogens (tertiary/aromatic N) is 4. The Labute approximate surface area is 183 Å². The zero-order chi connectivity index (χ0) is 21.6. The van der Waals surface area contributed by atoms with Crippen molar-refractivity contribution < 1.29 is 4.74 Å². The van der Waals surface area contributed by atoms with Gasteiger partial charge in [0.15, 0.2) is 5.69 Å². The number of piperidine rings is 1. The number of hydrogen-bond acceptors (Lipinski definition) is 9. The Morgan fingerprint density at radius 2 is 2.03 bits per heavy atom. The van der Waals surface area contributed by atoms with Crippen molar-refractivity contribution in [2.45, 2.75) is 44.4 Å². The molecule has 2 unspecified atom stereocenters. The van der Waals surface area contributed by atoms with Gasteiger partial charge in [-0.2, -0.15) is 5.26 Å². The third kappa shape index (κ3) is 5.22. The first-order valence-corrected chi connectivity index (χ1v) is 10.8. The summed E-state index contributed by atoms with van der Waals surface area (Å²) < 4.78 is 5.71. The highest BCUT2D eigenvalue weighted by molar-refractivity contribution is 5.53. The van der Waals surface area contributed by atoms with Gasteiger partial charge in [0, 0.05) is 42.9 Å². The molecule has 9 nitrogen and oxygen atoms in total. The third-order valence-electron chi connectivity index (χ3n) is 6.01. The van der Waals surface area contributed by atoms with Crippen LogP contribution in [-0.2, 0) is 0 Å². The van der Waals surface area contributed by atoms with Crippen molar-refractivity contribution in [2.75, 3.05) is 37.4 Å². The normalized spacial score (nSPS) is 22.1. The van der Waals surface area contributed by atoms with E-state index in [1.54, 1.807) is 13.3 Å². The average molecular weight is 423 g/mol. The van der Waals surface area contributed by atoms with Gasteiger partial charge >= 0.3 is 0 Å². The van der Waals surface area contributed by atoms with Crippen molar-refractivity contribution >= 4 is 11.5 Å². The maximum Gasteiger partial charge on any atom is 0.158 e. The van der Waals surface area contributed by atoms with Crippen LogP contribution in [0.15, 0.2) is 30.6 Å². The molecule has 4 N–H and O–H groups in total. The predicted molar refractivity (Wildman–Crippen MR) is 120 cm³/mol. The van der Waals surface area contributed by atoms with Crippen molar-refractivity contribution in [3.05, 3.63) is 41.9 Å². The van der Waals surface area contributed by atoms with Gasteiger partial charge < -0.3 is 20.3 Å².